The lowest BCUT2D eigenvalue weighted by Gasteiger charge is -2.13. The van der Waals surface area contributed by atoms with Gasteiger partial charge in [-0.05, 0) is 42.8 Å². The number of benzene rings is 3. The number of hydrogen-bond acceptors (Lipinski definition) is 2. The van der Waals surface area contributed by atoms with Gasteiger partial charge >= 0.3 is 0 Å². The van der Waals surface area contributed by atoms with Crippen LogP contribution in [0.1, 0.15) is 5.56 Å². The van der Waals surface area contributed by atoms with Crippen LogP contribution >= 0.6 is 0 Å². The Labute approximate surface area is 124 Å². The minimum atomic E-state index is 0.701. The molecule has 0 N–H and O–H groups in total. The van der Waals surface area contributed by atoms with Crippen molar-refractivity contribution in [1.29, 1.82) is 0 Å². The summed E-state index contributed by atoms with van der Waals surface area (Å²) in [6.45, 7) is 2.02. The monoisotopic (exact) mass is 276 g/mol. The highest BCUT2D eigenvalue weighted by molar-refractivity contribution is 5.46. The summed E-state index contributed by atoms with van der Waals surface area (Å²) in [7, 11) is 0. The molecule has 0 aliphatic carbocycles. The third-order valence-electron chi connectivity index (χ3n) is 3.13. The lowest BCUT2D eigenvalue weighted by molar-refractivity contribution is 0.417. The molecule has 0 atom stereocenters. The maximum Gasteiger partial charge on any atom is 0.169 e. The van der Waals surface area contributed by atoms with Gasteiger partial charge in [0.25, 0.3) is 0 Å². The highest BCUT2D eigenvalue weighted by Gasteiger charge is 2.07. The Hall–Kier alpha value is -2.74. The molecule has 0 saturated carbocycles. The Balaban J connectivity index is 1.88. The van der Waals surface area contributed by atoms with Crippen LogP contribution in [0.15, 0.2) is 78.9 Å². The normalized spacial score (nSPS) is 10.1. The SMILES string of the molecule is Cc1ccccc1Oc1ccccc1Oc1ccccc1. The minimum Gasteiger partial charge on any atom is -0.453 e. The summed E-state index contributed by atoms with van der Waals surface area (Å²) in [6.07, 6.45) is 0. The van der Waals surface area contributed by atoms with Crippen molar-refractivity contribution in [3.05, 3.63) is 84.4 Å². The molecule has 0 aromatic heterocycles. The summed E-state index contributed by atoms with van der Waals surface area (Å²) in [6, 6.07) is 25.3. The van der Waals surface area contributed by atoms with Crippen LogP contribution < -0.4 is 9.47 Å². The maximum atomic E-state index is 5.99. The second-order valence-electron chi connectivity index (χ2n) is 4.73. The molecule has 0 amide bonds. The van der Waals surface area contributed by atoms with Gasteiger partial charge < -0.3 is 9.47 Å². The molecule has 0 aliphatic rings. The fourth-order valence-electron chi connectivity index (χ4n) is 2.02. The zero-order chi connectivity index (χ0) is 14.5. The van der Waals surface area contributed by atoms with Gasteiger partial charge in [0, 0.05) is 0 Å². The Morgan fingerprint density at radius 3 is 1.71 bits per heavy atom. The quantitative estimate of drug-likeness (QED) is 0.619. The first-order chi connectivity index (χ1) is 10.3. The van der Waals surface area contributed by atoms with E-state index < -0.39 is 0 Å². The molecule has 0 fully saturated rings. The fourth-order valence-corrected chi connectivity index (χ4v) is 2.02. The van der Waals surface area contributed by atoms with Crippen LogP contribution in [0.25, 0.3) is 0 Å². The molecule has 0 spiro atoms. The van der Waals surface area contributed by atoms with E-state index in [-0.39, 0.29) is 0 Å². The zero-order valence-electron chi connectivity index (χ0n) is 11.8. The van der Waals surface area contributed by atoms with Crippen molar-refractivity contribution >= 4 is 0 Å². The minimum absolute atomic E-state index is 0.701. The number of para-hydroxylation sites is 4. The predicted octanol–water partition coefficient (Wildman–Crippen LogP) is 5.58. The average Bonchev–Trinajstić information content (AvgIpc) is 2.52. The van der Waals surface area contributed by atoms with E-state index in [0.29, 0.717) is 11.5 Å². The van der Waals surface area contributed by atoms with Gasteiger partial charge in [-0.3, -0.25) is 0 Å². The fraction of sp³-hybridized carbons (Fsp3) is 0.0526. The Morgan fingerprint density at radius 2 is 1.05 bits per heavy atom. The van der Waals surface area contributed by atoms with Crippen molar-refractivity contribution in [2.24, 2.45) is 0 Å². The standard InChI is InChI=1S/C19H16O2/c1-15-9-5-6-12-17(15)21-19-14-8-7-13-18(19)20-16-10-3-2-4-11-16/h2-14H,1H3. The van der Waals surface area contributed by atoms with Crippen molar-refractivity contribution in [1.82, 2.24) is 0 Å². The van der Waals surface area contributed by atoms with E-state index in [1.165, 1.54) is 0 Å². The van der Waals surface area contributed by atoms with E-state index in [4.69, 9.17) is 9.47 Å². The molecule has 104 valence electrons. The van der Waals surface area contributed by atoms with E-state index in [9.17, 15) is 0 Å². The second kappa shape index (κ2) is 6.14. The van der Waals surface area contributed by atoms with Gasteiger partial charge in [0.05, 0.1) is 0 Å². The van der Waals surface area contributed by atoms with E-state index in [1.807, 2.05) is 85.8 Å². The molecule has 3 aromatic rings. The first kappa shape index (κ1) is 13.3. The topological polar surface area (TPSA) is 18.5 Å². The van der Waals surface area contributed by atoms with Gasteiger partial charge in [-0.25, -0.2) is 0 Å². The van der Waals surface area contributed by atoms with Crippen molar-refractivity contribution in [2.45, 2.75) is 6.92 Å². The Bertz CT molecular complexity index is 720. The van der Waals surface area contributed by atoms with E-state index in [0.717, 1.165) is 17.1 Å². The largest absolute Gasteiger partial charge is 0.453 e. The zero-order valence-corrected chi connectivity index (χ0v) is 11.8. The summed E-state index contributed by atoms with van der Waals surface area (Å²) in [4.78, 5) is 0. The summed E-state index contributed by atoms with van der Waals surface area (Å²) in [5, 5.41) is 0. The highest BCUT2D eigenvalue weighted by atomic mass is 16.5. The van der Waals surface area contributed by atoms with Crippen LogP contribution in [0.5, 0.6) is 23.0 Å². The summed E-state index contributed by atoms with van der Waals surface area (Å²) < 4.78 is 11.9. The number of hydrogen-bond donors (Lipinski definition) is 0. The van der Waals surface area contributed by atoms with Crippen LogP contribution in [0, 0.1) is 6.92 Å². The van der Waals surface area contributed by atoms with Crippen LogP contribution in [0.2, 0.25) is 0 Å². The first-order valence-electron chi connectivity index (χ1n) is 6.88. The molecule has 0 saturated heterocycles. The molecule has 0 unspecified atom stereocenters. The third kappa shape index (κ3) is 3.23. The lowest BCUT2D eigenvalue weighted by atomic mass is 10.2. The maximum absolute atomic E-state index is 5.99. The third-order valence-corrected chi connectivity index (χ3v) is 3.13. The lowest BCUT2D eigenvalue weighted by Crippen LogP contribution is -1.91. The van der Waals surface area contributed by atoms with Crippen LogP contribution in [-0.4, -0.2) is 0 Å². The number of aryl methyl sites for hydroxylation is 1. The smallest absolute Gasteiger partial charge is 0.169 e. The van der Waals surface area contributed by atoms with E-state index >= 15 is 0 Å². The van der Waals surface area contributed by atoms with Gasteiger partial charge in [-0.2, -0.15) is 0 Å². The van der Waals surface area contributed by atoms with Gasteiger partial charge in [-0.15, -0.1) is 0 Å². The van der Waals surface area contributed by atoms with Crippen LogP contribution in [0.3, 0.4) is 0 Å². The van der Waals surface area contributed by atoms with Crippen molar-refractivity contribution < 1.29 is 9.47 Å². The van der Waals surface area contributed by atoms with Gasteiger partial charge in [0.15, 0.2) is 11.5 Å². The Kier molecular flexibility index (Phi) is 3.88. The van der Waals surface area contributed by atoms with Gasteiger partial charge in [-0.1, -0.05) is 48.5 Å². The average molecular weight is 276 g/mol. The highest BCUT2D eigenvalue weighted by Crippen LogP contribution is 2.35. The summed E-state index contributed by atoms with van der Waals surface area (Å²) in [5.74, 6) is 3.03. The molecule has 3 aromatic carbocycles. The van der Waals surface area contributed by atoms with Crippen LogP contribution in [0.4, 0.5) is 0 Å². The number of ether oxygens (including phenoxy) is 2. The van der Waals surface area contributed by atoms with E-state index in [2.05, 4.69) is 0 Å². The van der Waals surface area contributed by atoms with Crippen molar-refractivity contribution in [3.8, 4) is 23.0 Å². The molecule has 2 nitrogen and oxygen atoms in total. The van der Waals surface area contributed by atoms with Gasteiger partial charge in [0.1, 0.15) is 11.5 Å². The molecule has 0 bridgehead atoms. The Morgan fingerprint density at radius 1 is 0.524 bits per heavy atom. The molecule has 0 heterocycles. The first-order valence-corrected chi connectivity index (χ1v) is 6.88. The predicted molar refractivity (Wildman–Crippen MR) is 84.2 cm³/mol. The van der Waals surface area contributed by atoms with Crippen molar-refractivity contribution in [2.75, 3.05) is 0 Å². The molecule has 0 aliphatic heterocycles. The molecule has 3 rings (SSSR count). The van der Waals surface area contributed by atoms with Gasteiger partial charge in [0.2, 0.25) is 0 Å². The summed E-state index contributed by atoms with van der Waals surface area (Å²) in [5.41, 5.74) is 1.09. The van der Waals surface area contributed by atoms with Crippen molar-refractivity contribution in [3.63, 3.8) is 0 Å². The molecular weight excluding hydrogens is 260 g/mol. The van der Waals surface area contributed by atoms with Crippen LogP contribution in [-0.2, 0) is 0 Å². The molecule has 0 radical (unpaired) electrons. The molecule has 2 heteroatoms. The molecular formula is C19H16O2. The van der Waals surface area contributed by atoms with E-state index in [1.54, 1.807) is 0 Å². The number of rotatable bonds is 4. The summed E-state index contributed by atoms with van der Waals surface area (Å²) >= 11 is 0. The molecule has 21 heavy (non-hydrogen) atoms. The second-order valence-corrected chi connectivity index (χ2v) is 4.73.